The lowest BCUT2D eigenvalue weighted by molar-refractivity contribution is -0.123. The van der Waals surface area contributed by atoms with Crippen molar-refractivity contribution in [3.8, 4) is 0 Å². The topological polar surface area (TPSA) is 17.1 Å². The van der Waals surface area contributed by atoms with Crippen LogP contribution in [0.25, 0.3) is 0 Å². The molecule has 0 saturated carbocycles. The summed E-state index contributed by atoms with van der Waals surface area (Å²) in [6.45, 7) is 4.09. The van der Waals surface area contributed by atoms with Gasteiger partial charge in [0.25, 0.3) is 0 Å². The zero-order valence-electron chi connectivity index (χ0n) is 13.0. The highest BCUT2D eigenvalue weighted by atomic mass is 19.1. The van der Waals surface area contributed by atoms with Gasteiger partial charge < -0.3 is 0 Å². The summed E-state index contributed by atoms with van der Waals surface area (Å²) in [6.07, 6.45) is 4.92. The average Bonchev–Trinajstić information content (AvgIpc) is 2.49. The first-order chi connectivity index (χ1) is 10.1. The Balaban J connectivity index is 2.31. The van der Waals surface area contributed by atoms with Gasteiger partial charge in [-0.1, -0.05) is 62.2 Å². The van der Waals surface area contributed by atoms with Gasteiger partial charge in [0.1, 0.15) is 12.0 Å². The van der Waals surface area contributed by atoms with Crippen molar-refractivity contribution in [1.29, 1.82) is 0 Å². The number of alkyl halides is 1. The monoisotopic (exact) mass is 288 g/mol. The van der Waals surface area contributed by atoms with Gasteiger partial charge in [0, 0.05) is 12.3 Å². The molecule has 0 aromatic heterocycles. The van der Waals surface area contributed by atoms with Gasteiger partial charge in [0.2, 0.25) is 0 Å². The fraction of sp³-hybridized carbons (Fsp3) is 0.526. The predicted octanol–water partition coefficient (Wildman–Crippen LogP) is 5.22. The van der Waals surface area contributed by atoms with Crippen LogP contribution in [-0.2, 0) is 4.79 Å². The summed E-state index contributed by atoms with van der Waals surface area (Å²) in [7, 11) is 0. The van der Waals surface area contributed by atoms with Gasteiger partial charge in [-0.05, 0) is 24.8 Å². The normalized spacial score (nSPS) is 21.5. The third-order valence-corrected chi connectivity index (χ3v) is 4.34. The number of Topliss-reactive ketones (excluding diaryl/α,β-unsaturated/α-hetero) is 1. The molecule has 3 atom stereocenters. The molecule has 0 saturated heterocycles. The van der Waals surface area contributed by atoms with Crippen LogP contribution < -0.4 is 0 Å². The van der Waals surface area contributed by atoms with Crippen molar-refractivity contribution >= 4 is 5.78 Å². The highest BCUT2D eigenvalue weighted by molar-refractivity contribution is 5.90. The van der Waals surface area contributed by atoms with Crippen LogP contribution in [0.3, 0.4) is 0 Å². The largest absolute Gasteiger partial charge is 0.298 e. The second-order valence-corrected chi connectivity index (χ2v) is 6.09. The van der Waals surface area contributed by atoms with Crippen LogP contribution in [0.2, 0.25) is 0 Å². The smallest absolute Gasteiger partial charge is 0.147 e. The lowest BCUT2D eigenvalue weighted by Crippen LogP contribution is -2.24. The first-order valence-corrected chi connectivity index (χ1v) is 8.05. The molecular weight excluding hydrogens is 263 g/mol. The molecule has 0 radical (unpaired) electrons. The maximum absolute atomic E-state index is 13.8. The number of benzene rings is 1. The van der Waals surface area contributed by atoms with Gasteiger partial charge >= 0.3 is 0 Å². The van der Waals surface area contributed by atoms with Gasteiger partial charge in [-0.25, -0.2) is 4.39 Å². The number of hydrogen-bond donors (Lipinski definition) is 0. The SMILES string of the molecule is CCCC(C)C(=O)[C@@H](C1=CCC[C@H](F)C1)c1ccccc1. The highest BCUT2D eigenvalue weighted by Crippen LogP contribution is 2.35. The van der Waals surface area contributed by atoms with Crippen molar-refractivity contribution in [3.05, 3.63) is 47.5 Å². The Bertz CT molecular complexity index is 492. The molecule has 21 heavy (non-hydrogen) atoms. The molecule has 1 unspecified atom stereocenters. The number of carbonyl (C=O) groups excluding carboxylic acids is 1. The molecule has 0 heterocycles. The van der Waals surface area contributed by atoms with E-state index in [2.05, 4.69) is 13.0 Å². The van der Waals surface area contributed by atoms with Crippen molar-refractivity contribution in [2.75, 3.05) is 0 Å². The molecule has 2 rings (SSSR count). The van der Waals surface area contributed by atoms with E-state index in [1.807, 2.05) is 37.3 Å². The minimum Gasteiger partial charge on any atom is -0.298 e. The van der Waals surface area contributed by atoms with E-state index in [0.29, 0.717) is 12.8 Å². The Morgan fingerprint density at radius 3 is 2.67 bits per heavy atom. The molecule has 1 aliphatic rings. The minimum atomic E-state index is -0.800. The van der Waals surface area contributed by atoms with Gasteiger partial charge in [-0.2, -0.15) is 0 Å². The molecule has 1 aromatic rings. The summed E-state index contributed by atoms with van der Waals surface area (Å²) in [6, 6.07) is 9.84. The Hall–Kier alpha value is -1.44. The number of rotatable bonds is 6. The van der Waals surface area contributed by atoms with E-state index in [9.17, 15) is 9.18 Å². The molecule has 1 nitrogen and oxygen atoms in total. The molecule has 0 N–H and O–H groups in total. The van der Waals surface area contributed by atoms with Crippen molar-refractivity contribution in [3.63, 3.8) is 0 Å². The molecule has 1 aliphatic carbocycles. The Morgan fingerprint density at radius 1 is 1.33 bits per heavy atom. The van der Waals surface area contributed by atoms with Crippen LogP contribution in [0, 0.1) is 5.92 Å². The van der Waals surface area contributed by atoms with Crippen LogP contribution in [0.4, 0.5) is 4.39 Å². The van der Waals surface area contributed by atoms with Gasteiger partial charge in [0.15, 0.2) is 0 Å². The lowest BCUT2D eigenvalue weighted by atomic mass is 9.77. The fourth-order valence-corrected chi connectivity index (χ4v) is 3.19. The Kier molecular flexibility index (Phi) is 5.72. The van der Waals surface area contributed by atoms with Crippen LogP contribution in [-0.4, -0.2) is 12.0 Å². The number of carbonyl (C=O) groups is 1. The van der Waals surface area contributed by atoms with Gasteiger partial charge in [-0.3, -0.25) is 4.79 Å². The summed E-state index contributed by atoms with van der Waals surface area (Å²) < 4.78 is 13.8. The average molecular weight is 288 g/mol. The number of halogens is 1. The minimum absolute atomic E-state index is 0.0288. The number of ketones is 1. The zero-order chi connectivity index (χ0) is 15.2. The Labute approximate surface area is 127 Å². The molecule has 1 aromatic carbocycles. The third kappa shape index (κ3) is 4.03. The van der Waals surface area contributed by atoms with Crippen LogP contribution in [0.5, 0.6) is 0 Å². The second kappa shape index (κ2) is 7.53. The van der Waals surface area contributed by atoms with Gasteiger partial charge in [0.05, 0.1) is 5.92 Å². The summed E-state index contributed by atoms with van der Waals surface area (Å²) in [4.78, 5) is 12.9. The van der Waals surface area contributed by atoms with E-state index in [1.54, 1.807) is 0 Å². The first-order valence-electron chi connectivity index (χ1n) is 8.05. The summed E-state index contributed by atoms with van der Waals surface area (Å²) in [5.74, 6) is 0.00999. The molecule has 114 valence electrons. The van der Waals surface area contributed by atoms with E-state index < -0.39 is 6.17 Å². The molecular formula is C19H25FO. The van der Waals surface area contributed by atoms with E-state index >= 15 is 0 Å². The van der Waals surface area contributed by atoms with Crippen molar-refractivity contribution in [1.82, 2.24) is 0 Å². The molecule has 0 spiro atoms. The molecule has 0 fully saturated rings. The summed E-state index contributed by atoms with van der Waals surface area (Å²) in [5.41, 5.74) is 1.98. The molecule has 0 amide bonds. The molecule has 0 aliphatic heterocycles. The summed E-state index contributed by atoms with van der Waals surface area (Å²) in [5, 5.41) is 0. The third-order valence-electron chi connectivity index (χ3n) is 4.34. The number of allylic oxidation sites excluding steroid dienone is 2. The quantitative estimate of drug-likeness (QED) is 0.655. The highest BCUT2D eigenvalue weighted by Gasteiger charge is 2.30. The zero-order valence-corrected chi connectivity index (χ0v) is 13.0. The lowest BCUT2D eigenvalue weighted by Gasteiger charge is -2.26. The fourth-order valence-electron chi connectivity index (χ4n) is 3.19. The van der Waals surface area contributed by atoms with Crippen molar-refractivity contribution < 1.29 is 9.18 Å². The van der Waals surface area contributed by atoms with E-state index in [-0.39, 0.29) is 17.6 Å². The van der Waals surface area contributed by atoms with Gasteiger partial charge in [-0.15, -0.1) is 0 Å². The van der Waals surface area contributed by atoms with Crippen molar-refractivity contribution in [2.45, 2.75) is 58.0 Å². The standard InChI is InChI=1S/C19H25FO/c1-3-8-14(2)19(21)18(15-9-5-4-6-10-15)16-11-7-12-17(20)13-16/h4-6,9-11,14,17-18H,3,7-8,12-13H2,1-2H3/t14?,17-,18+/m0/s1. The second-order valence-electron chi connectivity index (χ2n) is 6.09. The maximum Gasteiger partial charge on any atom is 0.147 e. The summed E-state index contributed by atoms with van der Waals surface area (Å²) >= 11 is 0. The van der Waals surface area contributed by atoms with E-state index in [0.717, 1.165) is 30.4 Å². The molecule has 0 bridgehead atoms. The van der Waals surface area contributed by atoms with Crippen LogP contribution in [0.1, 0.15) is 57.4 Å². The molecule has 2 heteroatoms. The van der Waals surface area contributed by atoms with Crippen LogP contribution >= 0.6 is 0 Å². The van der Waals surface area contributed by atoms with Crippen LogP contribution in [0.15, 0.2) is 42.0 Å². The van der Waals surface area contributed by atoms with E-state index in [4.69, 9.17) is 0 Å². The van der Waals surface area contributed by atoms with Crippen molar-refractivity contribution in [2.24, 2.45) is 5.92 Å². The predicted molar refractivity (Wildman–Crippen MR) is 85.1 cm³/mol. The first kappa shape index (κ1) is 15.9. The Morgan fingerprint density at radius 2 is 2.05 bits per heavy atom. The maximum atomic E-state index is 13.8. The van der Waals surface area contributed by atoms with E-state index in [1.165, 1.54) is 0 Å². The number of hydrogen-bond acceptors (Lipinski definition) is 1.